The van der Waals surface area contributed by atoms with E-state index in [2.05, 4.69) is 24.3 Å². The minimum absolute atomic E-state index is 0.0326. The fourth-order valence-corrected chi connectivity index (χ4v) is 6.70. The third-order valence-corrected chi connectivity index (χ3v) is 9.00. The topological polar surface area (TPSA) is 66.9 Å². The van der Waals surface area contributed by atoms with Crippen molar-refractivity contribution in [1.82, 2.24) is 4.90 Å². The molecule has 2 heterocycles. The highest BCUT2D eigenvalue weighted by molar-refractivity contribution is 7.92. The lowest BCUT2D eigenvalue weighted by Crippen LogP contribution is -2.41. The Balaban J connectivity index is 1.14. The standard InChI is InChI=1S/C29H32N2O4S/c32-29(30-19-16-24(17-20-30)21-23-7-2-1-3-8-23)22-35-26-12-14-27(15-13-26)36(33,34)31-18-6-10-25-9-4-5-11-28(25)31/h1-5,7-9,11-15,24H,6,10,16-22H2. The first-order valence-electron chi connectivity index (χ1n) is 12.7. The number of carbonyl (C=O) groups excluding carboxylic acids is 1. The smallest absolute Gasteiger partial charge is 0.264 e. The Hall–Kier alpha value is -3.32. The van der Waals surface area contributed by atoms with Gasteiger partial charge in [-0.25, -0.2) is 8.42 Å². The van der Waals surface area contributed by atoms with Gasteiger partial charge < -0.3 is 9.64 Å². The number of likely N-dealkylation sites (tertiary alicyclic amines) is 1. The molecule has 0 unspecified atom stereocenters. The van der Waals surface area contributed by atoms with Crippen molar-refractivity contribution in [2.45, 2.75) is 37.0 Å². The molecule has 0 atom stereocenters. The van der Waals surface area contributed by atoms with Crippen LogP contribution in [0, 0.1) is 5.92 Å². The van der Waals surface area contributed by atoms with Crippen molar-refractivity contribution in [2.24, 2.45) is 5.92 Å². The van der Waals surface area contributed by atoms with Crippen LogP contribution in [-0.4, -0.2) is 45.5 Å². The fourth-order valence-electron chi connectivity index (χ4n) is 5.15. The molecule has 6 nitrogen and oxygen atoms in total. The molecule has 36 heavy (non-hydrogen) atoms. The van der Waals surface area contributed by atoms with Crippen LogP contribution in [0.5, 0.6) is 5.75 Å². The summed E-state index contributed by atoms with van der Waals surface area (Å²) >= 11 is 0. The predicted molar refractivity (Wildman–Crippen MR) is 141 cm³/mol. The number of hydrogen-bond acceptors (Lipinski definition) is 4. The average molecular weight is 505 g/mol. The summed E-state index contributed by atoms with van der Waals surface area (Å²) in [6.45, 7) is 1.91. The Labute approximate surface area is 213 Å². The highest BCUT2D eigenvalue weighted by Gasteiger charge is 2.29. The number of rotatable bonds is 7. The second kappa shape index (κ2) is 10.7. The molecule has 3 aromatic carbocycles. The maximum absolute atomic E-state index is 13.3. The van der Waals surface area contributed by atoms with Crippen LogP contribution in [0.4, 0.5) is 5.69 Å². The molecule has 0 spiro atoms. The van der Waals surface area contributed by atoms with Crippen LogP contribution < -0.4 is 9.04 Å². The molecule has 0 N–H and O–H groups in total. The summed E-state index contributed by atoms with van der Waals surface area (Å²) in [5.41, 5.74) is 3.15. The monoisotopic (exact) mass is 504 g/mol. The molecule has 0 bridgehead atoms. The van der Waals surface area contributed by atoms with Gasteiger partial charge in [-0.05, 0) is 79.5 Å². The quantitative estimate of drug-likeness (QED) is 0.468. The molecule has 0 radical (unpaired) electrons. The maximum atomic E-state index is 13.3. The molecule has 0 aromatic heterocycles. The summed E-state index contributed by atoms with van der Waals surface area (Å²) in [5, 5.41) is 0. The van der Waals surface area contributed by atoms with E-state index in [4.69, 9.17) is 4.74 Å². The summed E-state index contributed by atoms with van der Waals surface area (Å²) in [6, 6.07) is 24.5. The summed E-state index contributed by atoms with van der Waals surface area (Å²) in [7, 11) is -3.67. The second-order valence-electron chi connectivity index (χ2n) is 9.58. The van der Waals surface area contributed by atoms with Crippen LogP contribution in [0.3, 0.4) is 0 Å². The largest absolute Gasteiger partial charge is 0.484 e. The number of nitrogens with zero attached hydrogens (tertiary/aromatic N) is 2. The zero-order valence-electron chi connectivity index (χ0n) is 20.4. The van der Waals surface area contributed by atoms with Gasteiger partial charge in [-0.15, -0.1) is 0 Å². The number of aryl methyl sites for hydroxylation is 1. The van der Waals surface area contributed by atoms with Crippen molar-refractivity contribution < 1.29 is 17.9 Å². The molecule has 7 heteroatoms. The molecule has 5 rings (SSSR count). The SMILES string of the molecule is O=C(COc1ccc(S(=O)(=O)N2CCCc3ccccc32)cc1)N1CCC(Cc2ccccc2)CC1. The number of para-hydroxylation sites is 1. The first kappa shape index (κ1) is 24.4. The number of piperidine rings is 1. The highest BCUT2D eigenvalue weighted by atomic mass is 32.2. The molecule has 0 saturated carbocycles. The van der Waals surface area contributed by atoms with Gasteiger partial charge in [-0.2, -0.15) is 0 Å². The van der Waals surface area contributed by atoms with Gasteiger partial charge in [0.25, 0.3) is 15.9 Å². The Morgan fingerprint density at radius 2 is 1.56 bits per heavy atom. The molecular weight excluding hydrogens is 472 g/mol. The number of sulfonamides is 1. The molecule has 188 valence electrons. The van der Waals surface area contributed by atoms with Crippen LogP contribution >= 0.6 is 0 Å². The van der Waals surface area contributed by atoms with E-state index in [1.165, 1.54) is 9.87 Å². The number of hydrogen-bond donors (Lipinski definition) is 0. The molecule has 1 saturated heterocycles. The van der Waals surface area contributed by atoms with E-state index < -0.39 is 10.0 Å². The lowest BCUT2D eigenvalue weighted by atomic mass is 9.90. The number of benzene rings is 3. The van der Waals surface area contributed by atoms with E-state index in [0.717, 1.165) is 56.4 Å². The number of amides is 1. The van der Waals surface area contributed by atoms with Gasteiger partial charge in [-0.3, -0.25) is 9.10 Å². The normalized spacial score (nSPS) is 16.4. The third-order valence-electron chi connectivity index (χ3n) is 7.18. The average Bonchev–Trinajstić information content (AvgIpc) is 2.92. The van der Waals surface area contributed by atoms with Crippen molar-refractivity contribution in [3.8, 4) is 5.75 Å². The first-order chi connectivity index (χ1) is 17.5. The van der Waals surface area contributed by atoms with Gasteiger partial charge in [0.1, 0.15) is 5.75 Å². The first-order valence-corrected chi connectivity index (χ1v) is 14.1. The zero-order valence-corrected chi connectivity index (χ0v) is 21.2. The Kier molecular flexibility index (Phi) is 7.28. The number of ether oxygens (including phenoxy) is 1. The van der Waals surface area contributed by atoms with Crippen LogP contribution in [0.1, 0.15) is 30.4 Å². The third kappa shape index (κ3) is 5.41. The van der Waals surface area contributed by atoms with Gasteiger partial charge in [0.15, 0.2) is 6.61 Å². The van der Waals surface area contributed by atoms with Gasteiger partial charge in [0.05, 0.1) is 10.6 Å². The minimum Gasteiger partial charge on any atom is -0.484 e. The van der Waals surface area contributed by atoms with E-state index >= 15 is 0 Å². The number of anilines is 1. The van der Waals surface area contributed by atoms with Crippen LogP contribution in [0.25, 0.3) is 0 Å². The Morgan fingerprint density at radius 3 is 2.31 bits per heavy atom. The Bertz CT molecular complexity index is 1280. The predicted octanol–water partition coefficient (Wildman–Crippen LogP) is 4.69. The van der Waals surface area contributed by atoms with E-state index in [9.17, 15) is 13.2 Å². The van der Waals surface area contributed by atoms with Gasteiger partial charge in [0, 0.05) is 19.6 Å². The fraction of sp³-hybridized carbons (Fsp3) is 0.345. The number of fused-ring (bicyclic) bond motifs is 1. The van der Waals surface area contributed by atoms with Crippen molar-refractivity contribution in [3.63, 3.8) is 0 Å². The van der Waals surface area contributed by atoms with E-state index in [-0.39, 0.29) is 17.4 Å². The molecule has 2 aliphatic rings. The molecule has 0 aliphatic carbocycles. The molecular formula is C29H32N2O4S. The maximum Gasteiger partial charge on any atom is 0.264 e. The van der Waals surface area contributed by atoms with Crippen LogP contribution in [-0.2, 0) is 27.7 Å². The minimum atomic E-state index is -3.67. The van der Waals surface area contributed by atoms with E-state index in [1.807, 2.05) is 35.2 Å². The van der Waals surface area contributed by atoms with Crippen LogP contribution in [0.15, 0.2) is 83.8 Å². The van der Waals surface area contributed by atoms with E-state index in [0.29, 0.717) is 18.2 Å². The van der Waals surface area contributed by atoms with Crippen molar-refractivity contribution >= 4 is 21.6 Å². The summed E-state index contributed by atoms with van der Waals surface area (Å²) in [5.74, 6) is 1.05. The summed E-state index contributed by atoms with van der Waals surface area (Å²) in [4.78, 5) is 14.8. The van der Waals surface area contributed by atoms with Crippen LogP contribution in [0.2, 0.25) is 0 Å². The van der Waals surface area contributed by atoms with Gasteiger partial charge in [-0.1, -0.05) is 48.5 Å². The molecule has 2 aliphatic heterocycles. The van der Waals surface area contributed by atoms with Gasteiger partial charge in [0.2, 0.25) is 0 Å². The zero-order chi connectivity index (χ0) is 25.0. The highest BCUT2D eigenvalue weighted by Crippen LogP contribution is 2.32. The molecule has 3 aromatic rings. The molecule has 1 amide bonds. The summed E-state index contributed by atoms with van der Waals surface area (Å²) in [6.07, 6.45) is 4.72. The van der Waals surface area contributed by atoms with Crippen molar-refractivity contribution in [1.29, 1.82) is 0 Å². The van der Waals surface area contributed by atoms with Crippen molar-refractivity contribution in [3.05, 3.63) is 90.0 Å². The van der Waals surface area contributed by atoms with Gasteiger partial charge >= 0.3 is 0 Å². The summed E-state index contributed by atoms with van der Waals surface area (Å²) < 4.78 is 33.8. The lowest BCUT2D eigenvalue weighted by molar-refractivity contribution is -0.134. The van der Waals surface area contributed by atoms with E-state index in [1.54, 1.807) is 24.3 Å². The molecule has 1 fully saturated rings. The lowest BCUT2D eigenvalue weighted by Gasteiger charge is -2.32. The van der Waals surface area contributed by atoms with Crippen molar-refractivity contribution in [2.75, 3.05) is 30.5 Å². The number of carbonyl (C=O) groups is 1. The second-order valence-corrected chi connectivity index (χ2v) is 11.4. The Morgan fingerprint density at radius 1 is 0.861 bits per heavy atom.